The van der Waals surface area contributed by atoms with Crippen molar-refractivity contribution in [3.05, 3.63) is 42.2 Å². The van der Waals surface area contributed by atoms with Crippen molar-refractivity contribution in [1.82, 2.24) is 0 Å². The van der Waals surface area contributed by atoms with Crippen molar-refractivity contribution in [3.8, 4) is 0 Å². The van der Waals surface area contributed by atoms with Crippen LogP contribution in [0.15, 0.2) is 47.2 Å². The van der Waals surface area contributed by atoms with E-state index >= 15 is 0 Å². The fourth-order valence-electron chi connectivity index (χ4n) is 1.16. The largest absolute Gasteiger partial charge is 0.515 e. The molecule has 1 aromatic carbocycles. The maximum absolute atomic E-state index is 11.7. The molecular weight excluding hydrogens is 204 g/mol. The first-order chi connectivity index (χ1) is 7.69. The molecule has 1 amide bonds. The molecule has 0 fully saturated rings. The van der Waals surface area contributed by atoms with Gasteiger partial charge in [0, 0.05) is 18.4 Å². The Morgan fingerprint density at radius 3 is 2.50 bits per heavy atom. The highest BCUT2D eigenvalue weighted by atomic mass is 16.2. The van der Waals surface area contributed by atoms with Gasteiger partial charge in [-0.15, -0.1) is 0 Å². The number of nitrogens with zero attached hydrogens (tertiary/aromatic N) is 1. The molecule has 4 heteroatoms. The second kappa shape index (κ2) is 5.70. The molecule has 1 aromatic rings. The van der Waals surface area contributed by atoms with Gasteiger partial charge in [-0.1, -0.05) is 18.2 Å². The number of para-hydroxylation sites is 1. The number of carbonyl (C=O) groups is 1. The first-order valence-corrected chi connectivity index (χ1v) is 4.83. The van der Waals surface area contributed by atoms with E-state index in [4.69, 9.17) is 5.11 Å². The fraction of sp³-hybridized carbons (Fsp3) is 0.167. The molecule has 0 spiro atoms. The Bertz CT molecular complexity index is 422. The molecule has 0 heterocycles. The van der Waals surface area contributed by atoms with Gasteiger partial charge >= 0.3 is 0 Å². The predicted molar refractivity (Wildman–Crippen MR) is 64.8 cm³/mol. The lowest BCUT2D eigenvalue weighted by molar-refractivity contribution is -0.112. The summed E-state index contributed by atoms with van der Waals surface area (Å²) in [5.74, 6) is -0.378. The van der Waals surface area contributed by atoms with E-state index in [2.05, 4.69) is 10.3 Å². The van der Waals surface area contributed by atoms with E-state index in [0.29, 0.717) is 11.4 Å². The molecule has 0 aliphatic heterocycles. The third-order valence-corrected chi connectivity index (χ3v) is 2.13. The van der Waals surface area contributed by atoms with Gasteiger partial charge in [0.05, 0.1) is 11.8 Å². The maximum Gasteiger partial charge on any atom is 0.260 e. The van der Waals surface area contributed by atoms with Gasteiger partial charge < -0.3 is 10.4 Å². The summed E-state index contributed by atoms with van der Waals surface area (Å²) in [7, 11) is 1.56. The predicted octanol–water partition coefficient (Wildman–Crippen LogP) is 2.16. The average Bonchev–Trinajstić information content (AvgIpc) is 2.31. The van der Waals surface area contributed by atoms with Crippen LogP contribution in [0.2, 0.25) is 0 Å². The average molecular weight is 218 g/mol. The van der Waals surface area contributed by atoms with Crippen LogP contribution in [0.1, 0.15) is 6.92 Å². The molecule has 2 N–H and O–H groups in total. The minimum atomic E-state index is -0.378. The van der Waals surface area contributed by atoms with Crippen molar-refractivity contribution in [2.75, 3.05) is 12.4 Å². The summed E-state index contributed by atoms with van der Waals surface area (Å²) in [6.45, 7) is 1.66. The molecule has 0 aliphatic carbocycles. The molecule has 0 aliphatic rings. The van der Waals surface area contributed by atoms with Crippen LogP contribution in [0, 0.1) is 0 Å². The Labute approximate surface area is 94.3 Å². The molecule has 0 atom stereocenters. The summed E-state index contributed by atoms with van der Waals surface area (Å²) in [5, 5.41) is 11.6. The zero-order valence-electron chi connectivity index (χ0n) is 9.27. The van der Waals surface area contributed by atoms with Crippen LogP contribution in [0.3, 0.4) is 0 Å². The molecule has 0 saturated heterocycles. The number of amides is 1. The summed E-state index contributed by atoms with van der Waals surface area (Å²) in [5.41, 5.74) is 1.32. The summed E-state index contributed by atoms with van der Waals surface area (Å²) in [4.78, 5) is 15.6. The lowest BCUT2D eigenvalue weighted by Gasteiger charge is -2.06. The molecule has 0 radical (unpaired) electrons. The van der Waals surface area contributed by atoms with Crippen LogP contribution in [0.5, 0.6) is 0 Å². The van der Waals surface area contributed by atoms with Gasteiger partial charge in [0.2, 0.25) is 0 Å². The fourth-order valence-corrected chi connectivity index (χ4v) is 1.16. The highest BCUT2D eigenvalue weighted by molar-refractivity contribution is 6.24. The first-order valence-electron chi connectivity index (χ1n) is 4.83. The zero-order valence-corrected chi connectivity index (χ0v) is 9.27. The van der Waals surface area contributed by atoms with Crippen molar-refractivity contribution < 1.29 is 9.90 Å². The van der Waals surface area contributed by atoms with Crippen LogP contribution in [-0.4, -0.2) is 23.8 Å². The number of hydrogen-bond acceptors (Lipinski definition) is 3. The monoisotopic (exact) mass is 218 g/mol. The molecule has 0 unspecified atom stereocenters. The number of nitrogens with one attached hydrogen (secondary N) is 1. The van der Waals surface area contributed by atoms with Gasteiger partial charge in [0.25, 0.3) is 5.91 Å². The number of rotatable bonds is 3. The van der Waals surface area contributed by atoms with Gasteiger partial charge in [-0.2, -0.15) is 0 Å². The van der Waals surface area contributed by atoms with Crippen molar-refractivity contribution in [3.63, 3.8) is 0 Å². The van der Waals surface area contributed by atoms with Gasteiger partial charge in [0.1, 0.15) is 0 Å². The second-order valence-corrected chi connectivity index (χ2v) is 3.17. The Hall–Kier alpha value is -2.10. The van der Waals surface area contributed by atoms with Crippen LogP contribution < -0.4 is 5.32 Å². The topological polar surface area (TPSA) is 61.7 Å². The normalized spacial score (nSPS) is 12.4. The molecule has 0 saturated carbocycles. The number of benzene rings is 1. The summed E-state index contributed by atoms with van der Waals surface area (Å²) < 4.78 is 0. The van der Waals surface area contributed by atoms with Crippen LogP contribution >= 0.6 is 0 Å². The third kappa shape index (κ3) is 2.95. The second-order valence-electron chi connectivity index (χ2n) is 3.17. The van der Waals surface area contributed by atoms with E-state index in [1.165, 1.54) is 0 Å². The van der Waals surface area contributed by atoms with Crippen molar-refractivity contribution in [2.24, 2.45) is 4.99 Å². The van der Waals surface area contributed by atoms with Gasteiger partial charge in [-0.05, 0) is 19.1 Å². The van der Waals surface area contributed by atoms with E-state index in [-0.39, 0.29) is 11.5 Å². The third-order valence-electron chi connectivity index (χ3n) is 2.13. The Kier molecular flexibility index (Phi) is 4.27. The molecular formula is C12H14N2O2. The number of anilines is 1. The molecule has 4 nitrogen and oxygen atoms in total. The molecule has 0 aromatic heterocycles. The van der Waals surface area contributed by atoms with Crippen LogP contribution in [-0.2, 0) is 4.79 Å². The van der Waals surface area contributed by atoms with E-state index in [1.54, 1.807) is 26.1 Å². The van der Waals surface area contributed by atoms with Crippen molar-refractivity contribution in [1.29, 1.82) is 0 Å². The summed E-state index contributed by atoms with van der Waals surface area (Å²) in [6, 6.07) is 9.03. The van der Waals surface area contributed by atoms with E-state index in [0.717, 1.165) is 6.26 Å². The number of aliphatic imine (C=N–C) groups is 1. The maximum atomic E-state index is 11.7. The van der Waals surface area contributed by atoms with E-state index < -0.39 is 0 Å². The quantitative estimate of drug-likeness (QED) is 0.464. The first kappa shape index (κ1) is 12.0. The van der Waals surface area contributed by atoms with Crippen LogP contribution in [0.25, 0.3) is 0 Å². The van der Waals surface area contributed by atoms with Crippen molar-refractivity contribution in [2.45, 2.75) is 6.92 Å². The number of carbonyl (C=O) groups excluding carboxylic acids is 1. The minimum Gasteiger partial charge on any atom is -0.515 e. The van der Waals surface area contributed by atoms with E-state index in [9.17, 15) is 4.79 Å². The number of hydrogen-bond donors (Lipinski definition) is 2. The van der Waals surface area contributed by atoms with E-state index in [1.807, 2.05) is 18.2 Å². The Morgan fingerprint density at radius 2 is 2.00 bits per heavy atom. The SMILES string of the molecule is CN=C(C)/C(=C/O)C(=O)Nc1ccccc1. The Morgan fingerprint density at radius 1 is 1.38 bits per heavy atom. The number of aliphatic hydroxyl groups excluding tert-OH is 1. The smallest absolute Gasteiger partial charge is 0.260 e. The van der Waals surface area contributed by atoms with Crippen LogP contribution in [0.4, 0.5) is 5.69 Å². The highest BCUT2D eigenvalue weighted by Gasteiger charge is 2.12. The summed E-state index contributed by atoms with van der Waals surface area (Å²) >= 11 is 0. The van der Waals surface area contributed by atoms with Gasteiger partial charge in [0.15, 0.2) is 0 Å². The van der Waals surface area contributed by atoms with Gasteiger partial charge in [-0.3, -0.25) is 9.79 Å². The highest BCUT2D eigenvalue weighted by Crippen LogP contribution is 2.08. The molecule has 84 valence electrons. The van der Waals surface area contributed by atoms with Gasteiger partial charge in [-0.25, -0.2) is 0 Å². The molecule has 0 bridgehead atoms. The Balaban J connectivity index is 2.80. The standard InChI is InChI=1S/C12H14N2O2/c1-9(13-2)11(8-15)12(16)14-10-6-4-3-5-7-10/h3-8,15H,1-2H3,(H,14,16)/b11-8-,13-9?. The molecule has 16 heavy (non-hydrogen) atoms. The minimum absolute atomic E-state index is 0.159. The number of aliphatic hydroxyl groups is 1. The lowest BCUT2D eigenvalue weighted by Crippen LogP contribution is -2.19. The molecule has 1 rings (SSSR count). The summed E-state index contributed by atoms with van der Waals surface area (Å²) in [6.07, 6.45) is 0.764. The van der Waals surface area contributed by atoms with Crippen molar-refractivity contribution >= 4 is 17.3 Å². The lowest BCUT2D eigenvalue weighted by atomic mass is 10.1. The zero-order chi connectivity index (χ0) is 12.0.